The topological polar surface area (TPSA) is 93.1 Å². The van der Waals surface area contributed by atoms with Crippen LogP contribution in [0.5, 0.6) is 5.75 Å². The molecule has 3 aromatic rings. The SMILES string of the molecule is CNC(=O)NCCN1CCN(c2ccc(OCC3COC(Cn4ccnc4)(c4ccc(Cl)cc4Cl)O3)cc2)CC1. The number of nitrogens with one attached hydrogen (secondary N) is 2. The fraction of sp³-hybridized carbons (Fsp3) is 0.429. The lowest BCUT2D eigenvalue weighted by molar-refractivity contribution is -0.189. The lowest BCUT2D eigenvalue weighted by atomic mass is 10.1. The van der Waals surface area contributed by atoms with Crippen molar-refractivity contribution in [2.75, 3.05) is 64.4 Å². The van der Waals surface area contributed by atoms with Crippen LogP contribution in [0.1, 0.15) is 5.56 Å². The molecule has 0 aliphatic carbocycles. The third kappa shape index (κ3) is 7.00. The molecule has 0 bridgehead atoms. The Bertz CT molecular complexity index is 1250. The summed E-state index contributed by atoms with van der Waals surface area (Å²) in [6.07, 6.45) is 4.99. The molecule has 214 valence electrons. The number of ether oxygens (including phenoxy) is 3. The van der Waals surface area contributed by atoms with Crippen LogP contribution >= 0.6 is 23.2 Å². The maximum absolute atomic E-state index is 11.3. The Morgan fingerprint density at radius 1 is 1.15 bits per heavy atom. The van der Waals surface area contributed by atoms with Crippen LogP contribution in [-0.2, 0) is 21.8 Å². The highest BCUT2D eigenvalue weighted by Crippen LogP contribution is 2.40. The number of urea groups is 1. The molecule has 0 saturated carbocycles. The fourth-order valence-electron chi connectivity index (χ4n) is 4.96. The van der Waals surface area contributed by atoms with Crippen molar-refractivity contribution in [2.45, 2.75) is 18.4 Å². The number of amides is 2. The second-order valence-electron chi connectivity index (χ2n) is 9.80. The minimum Gasteiger partial charge on any atom is -0.491 e. The molecule has 0 spiro atoms. The monoisotopic (exact) mass is 588 g/mol. The highest BCUT2D eigenvalue weighted by Gasteiger charge is 2.45. The number of benzene rings is 2. The van der Waals surface area contributed by atoms with Crippen molar-refractivity contribution in [3.05, 3.63) is 76.8 Å². The number of aromatic nitrogens is 2. The van der Waals surface area contributed by atoms with Gasteiger partial charge in [-0.3, -0.25) is 4.90 Å². The average Bonchev–Trinajstić information content (AvgIpc) is 3.63. The van der Waals surface area contributed by atoms with E-state index in [0.717, 1.165) is 44.2 Å². The Balaban J connectivity index is 1.13. The van der Waals surface area contributed by atoms with Gasteiger partial charge in [0.2, 0.25) is 5.79 Å². The zero-order chi connectivity index (χ0) is 28.0. The van der Waals surface area contributed by atoms with Gasteiger partial charge in [-0.15, -0.1) is 0 Å². The number of carbonyl (C=O) groups is 1. The number of rotatable bonds is 10. The molecule has 3 heterocycles. The molecular weight excluding hydrogens is 555 g/mol. The molecule has 40 heavy (non-hydrogen) atoms. The second-order valence-corrected chi connectivity index (χ2v) is 10.6. The van der Waals surface area contributed by atoms with Gasteiger partial charge in [-0.05, 0) is 36.4 Å². The van der Waals surface area contributed by atoms with Gasteiger partial charge < -0.3 is 34.3 Å². The van der Waals surface area contributed by atoms with Gasteiger partial charge >= 0.3 is 6.03 Å². The quantitative estimate of drug-likeness (QED) is 0.374. The van der Waals surface area contributed by atoms with Gasteiger partial charge in [-0.2, -0.15) is 0 Å². The first-order chi connectivity index (χ1) is 19.4. The second kappa shape index (κ2) is 13.1. The number of halogens is 2. The van der Waals surface area contributed by atoms with Gasteiger partial charge in [0, 0.05) is 75.0 Å². The summed E-state index contributed by atoms with van der Waals surface area (Å²) in [5.74, 6) is -0.316. The molecule has 2 aliphatic heterocycles. The molecule has 10 nitrogen and oxygen atoms in total. The molecule has 2 N–H and O–H groups in total. The average molecular weight is 590 g/mol. The molecule has 1 aromatic heterocycles. The first-order valence-electron chi connectivity index (χ1n) is 13.3. The molecule has 12 heteroatoms. The van der Waals surface area contributed by atoms with E-state index in [1.54, 1.807) is 31.7 Å². The van der Waals surface area contributed by atoms with Crippen molar-refractivity contribution in [3.63, 3.8) is 0 Å². The van der Waals surface area contributed by atoms with E-state index in [0.29, 0.717) is 41.9 Å². The van der Waals surface area contributed by atoms with E-state index in [9.17, 15) is 4.79 Å². The smallest absolute Gasteiger partial charge is 0.314 e. The lowest BCUT2D eigenvalue weighted by Gasteiger charge is -2.36. The summed E-state index contributed by atoms with van der Waals surface area (Å²) in [4.78, 5) is 20.2. The van der Waals surface area contributed by atoms with E-state index in [-0.39, 0.29) is 12.1 Å². The Morgan fingerprint density at radius 3 is 2.65 bits per heavy atom. The van der Waals surface area contributed by atoms with Crippen LogP contribution in [-0.4, -0.2) is 86.1 Å². The van der Waals surface area contributed by atoms with E-state index < -0.39 is 5.79 Å². The van der Waals surface area contributed by atoms with Gasteiger partial charge in [0.15, 0.2) is 0 Å². The van der Waals surface area contributed by atoms with E-state index in [2.05, 4.69) is 37.6 Å². The number of anilines is 1. The Kier molecular flexibility index (Phi) is 9.33. The highest BCUT2D eigenvalue weighted by atomic mass is 35.5. The minimum absolute atomic E-state index is 0.146. The van der Waals surface area contributed by atoms with Gasteiger partial charge in [-0.1, -0.05) is 29.3 Å². The van der Waals surface area contributed by atoms with Gasteiger partial charge in [0.25, 0.3) is 0 Å². The minimum atomic E-state index is -1.08. The third-order valence-electron chi connectivity index (χ3n) is 7.10. The van der Waals surface area contributed by atoms with Crippen molar-refractivity contribution < 1.29 is 19.0 Å². The van der Waals surface area contributed by atoms with E-state index in [1.165, 1.54) is 0 Å². The summed E-state index contributed by atoms with van der Waals surface area (Å²) in [5.41, 5.74) is 1.87. The predicted molar refractivity (Wildman–Crippen MR) is 154 cm³/mol. The normalized spacial score (nSPS) is 21.4. The summed E-state index contributed by atoms with van der Waals surface area (Å²) >= 11 is 12.7. The summed E-state index contributed by atoms with van der Waals surface area (Å²) in [7, 11) is 1.62. The van der Waals surface area contributed by atoms with Crippen molar-refractivity contribution >= 4 is 34.9 Å². The molecule has 2 atom stereocenters. The number of piperazine rings is 1. The van der Waals surface area contributed by atoms with Gasteiger partial charge in [0.05, 0.1) is 24.5 Å². The van der Waals surface area contributed by atoms with E-state index in [1.807, 2.05) is 29.0 Å². The van der Waals surface area contributed by atoms with Crippen LogP contribution in [0.25, 0.3) is 0 Å². The fourth-order valence-corrected chi connectivity index (χ4v) is 5.52. The number of imidazole rings is 1. The molecule has 2 amide bonds. The summed E-state index contributed by atoms with van der Waals surface area (Å²) in [6.45, 7) is 6.31. The number of hydrogen-bond donors (Lipinski definition) is 2. The van der Waals surface area contributed by atoms with Crippen LogP contribution < -0.4 is 20.3 Å². The third-order valence-corrected chi connectivity index (χ3v) is 7.65. The summed E-state index contributed by atoms with van der Waals surface area (Å²) in [5, 5.41) is 6.43. The van der Waals surface area contributed by atoms with Crippen LogP contribution in [0.15, 0.2) is 61.2 Å². The molecule has 5 rings (SSSR count). The zero-order valence-corrected chi connectivity index (χ0v) is 23.9. The summed E-state index contributed by atoms with van der Waals surface area (Å²) < 4.78 is 20.7. The van der Waals surface area contributed by atoms with Crippen LogP contribution in [0.2, 0.25) is 10.0 Å². The zero-order valence-electron chi connectivity index (χ0n) is 22.4. The Labute approximate surface area is 244 Å². The van der Waals surface area contributed by atoms with Crippen molar-refractivity contribution in [1.82, 2.24) is 25.1 Å². The standard InChI is InChI=1S/C28H34Cl2N6O4/c1-31-27(37)33-9-11-34-12-14-36(15-13-34)22-3-5-23(6-4-22)38-17-24-18-39-28(40-24,19-35-10-8-32-20-35)25-7-2-21(29)16-26(25)30/h2-8,10,16,20,24H,9,11-15,17-19H2,1H3,(H2,31,33,37). The van der Waals surface area contributed by atoms with E-state index in [4.69, 9.17) is 37.4 Å². The van der Waals surface area contributed by atoms with Crippen LogP contribution in [0.3, 0.4) is 0 Å². The molecule has 2 saturated heterocycles. The number of hydrogen-bond acceptors (Lipinski definition) is 7. The largest absolute Gasteiger partial charge is 0.491 e. The Morgan fingerprint density at radius 2 is 1.95 bits per heavy atom. The molecule has 2 aliphatic rings. The number of nitrogens with zero attached hydrogens (tertiary/aromatic N) is 4. The molecular formula is C28H34Cl2N6O4. The lowest BCUT2D eigenvalue weighted by Crippen LogP contribution is -2.49. The Hall–Kier alpha value is -3.02. The maximum atomic E-state index is 11.3. The molecule has 0 radical (unpaired) electrons. The van der Waals surface area contributed by atoms with Crippen LogP contribution in [0.4, 0.5) is 10.5 Å². The maximum Gasteiger partial charge on any atom is 0.314 e. The summed E-state index contributed by atoms with van der Waals surface area (Å²) in [6, 6.07) is 13.3. The van der Waals surface area contributed by atoms with Gasteiger partial charge in [-0.25, -0.2) is 9.78 Å². The predicted octanol–water partition coefficient (Wildman–Crippen LogP) is 3.59. The van der Waals surface area contributed by atoms with E-state index >= 15 is 0 Å². The number of carbonyl (C=O) groups excluding carboxylic acids is 1. The molecule has 2 unspecified atom stereocenters. The van der Waals surface area contributed by atoms with Crippen molar-refractivity contribution in [2.24, 2.45) is 0 Å². The first kappa shape index (κ1) is 28.5. The molecule has 2 aromatic carbocycles. The first-order valence-corrected chi connectivity index (χ1v) is 14.1. The highest BCUT2D eigenvalue weighted by molar-refractivity contribution is 6.35. The molecule has 2 fully saturated rings. The van der Waals surface area contributed by atoms with Crippen molar-refractivity contribution in [3.8, 4) is 5.75 Å². The van der Waals surface area contributed by atoms with Gasteiger partial charge in [0.1, 0.15) is 18.5 Å². The van der Waals surface area contributed by atoms with Crippen molar-refractivity contribution in [1.29, 1.82) is 0 Å². The van der Waals surface area contributed by atoms with Crippen LogP contribution in [0, 0.1) is 0 Å².